The third-order valence-electron chi connectivity index (χ3n) is 3.61. The van der Waals surface area contributed by atoms with Crippen molar-refractivity contribution in [1.29, 1.82) is 5.26 Å². The van der Waals surface area contributed by atoms with Crippen molar-refractivity contribution in [1.82, 2.24) is 4.98 Å². The number of aromatic amines is 1. The second kappa shape index (κ2) is 4.29. The van der Waals surface area contributed by atoms with E-state index in [0.717, 1.165) is 27.7 Å². The van der Waals surface area contributed by atoms with Gasteiger partial charge in [-0.3, -0.25) is 0 Å². The maximum atomic E-state index is 9.32. The molecule has 1 aromatic heterocycles. The number of H-pyrrole nitrogens is 1. The molecule has 0 fully saturated rings. The average Bonchev–Trinajstić information content (AvgIpc) is 2.76. The highest BCUT2D eigenvalue weighted by Gasteiger charge is 2.13. The molecule has 0 saturated heterocycles. The van der Waals surface area contributed by atoms with Crippen LogP contribution in [0.5, 0.6) is 0 Å². The molecule has 92 valence electrons. The minimum atomic E-state index is 0.755. The zero-order valence-electron chi connectivity index (χ0n) is 11.0. The van der Waals surface area contributed by atoms with Crippen LogP contribution in [0, 0.1) is 25.2 Å². The highest BCUT2D eigenvalue weighted by Crippen LogP contribution is 2.32. The van der Waals surface area contributed by atoms with E-state index in [2.05, 4.69) is 42.2 Å². The Kier molecular flexibility index (Phi) is 2.61. The molecule has 2 heteroatoms. The van der Waals surface area contributed by atoms with Gasteiger partial charge in [0, 0.05) is 16.6 Å². The molecule has 0 saturated carbocycles. The first-order chi connectivity index (χ1) is 9.22. The Hall–Kier alpha value is -2.53. The summed E-state index contributed by atoms with van der Waals surface area (Å²) in [5.41, 5.74) is 6.25. The molecule has 0 bridgehead atoms. The van der Waals surface area contributed by atoms with Gasteiger partial charge in [0.15, 0.2) is 0 Å². The summed E-state index contributed by atoms with van der Waals surface area (Å²) in [5.74, 6) is 0. The molecule has 1 N–H and O–H groups in total. The van der Waals surface area contributed by atoms with Crippen molar-refractivity contribution in [3.8, 4) is 17.2 Å². The summed E-state index contributed by atoms with van der Waals surface area (Å²) >= 11 is 0. The fourth-order valence-corrected chi connectivity index (χ4v) is 2.66. The van der Waals surface area contributed by atoms with Gasteiger partial charge in [-0.15, -0.1) is 0 Å². The maximum absolute atomic E-state index is 9.32. The van der Waals surface area contributed by atoms with Crippen molar-refractivity contribution in [2.24, 2.45) is 0 Å². The number of aromatic nitrogens is 1. The summed E-state index contributed by atoms with van der Waals surface area (Å²) in [6.07, 6.45) is 0. The number of nitrogens with zero attached hydrogens (tertiary/aromatic N) is 1. The van der Waals surface area contributed by atoms with Crippen molar-refractivity contribution in [2.75, 3.05) is 0 Å². The molecule has 0 spiro atoms. The van der Waals surface area contributed by atoms with Crippen LogP contribution in [0.2, 0.25) is 0 Å². The van der Waals surface area contributed by atoms with Crippen molar-refractivity contribution in [2.45, 2.75) is 13.8 Å². The molecule has 19 heavy (non-hydrogen) atoms. The summed E-state index contributed by atoms with van der Waals surface area (Å²) in [6, 6.07) is 16.8. The lowest BCUT2D eigenvalue weighted by molar-refractivity contribution is 1.28. The van der Waals surface area contributed by atoms with Crippen LogP contribution >= 0.6 is 0 Å². The minimum Gasteiger partial charge on any atom is -0.357 e. The normalized spacial score (nSPS) is 10.6. The molecule has 3 rings (SSSR count). The molecule has 0 amide bonds. The van der Waals surface area contributed by atoms with E-state index >= 15 is 0 Å². The van der Waals surface area contributed by atoms with Gasteiger partial charge >= 0.3 is 0 Å². The maximum Gasteiger partial charge on any atom is 0.102 e. The van der Waals surface area contributed by atoms with Crippen LogP contribution in [-0.2, 0) is 0 Å². The van der Waals surface area contributed by atoms with E-state index in [1.54, 1.807) is 0 Å². The van der Waals surface area contributed by atoms with E-state index in [-0.39, 0.29) is 0 Å². The van der Waals surface area contributed by atoms with Crippen LogP contribution in [0.25, 0.3) is 22.0 Å². The smallest absolute Gasteiger partial charge is 0.102 e. The summed E-state index contributed by atoms with van der Waals surface area (Å²) in [5, 5.41) is 10.4. The molecule has 0 atom stereocenters. The van der Waals surface area contributed by atoms with E-state index in [1.807, 2.05) is 25.1 Å². The van der Waals surface area contributed by atoms with Gasteiger partial charge in [-0.05, 0) is 36.6 Å². The third-order valence-corrected chi connectivity index (χ3v) is 3.61. The predicted molar refractivity (Wildman–Crippen MR) is 77.9 cm³/mol. The Morgan fingerprint density at radius 1 is 1.00 bits per heavy atom. The number of benzene rings is 2. The standard InChI is InChI=1S/C17H14N2/c1-11-14(13-6-4-3-5-7-13)8-9-16-17(11)15(10-18)12(2)19-16/h3-9,19H,1-2H3. The fraction of sp³-hybridized carbons (Fsp3) is 0.118. The largest absolute Gasteiger partial charge is 0.357 e. The highest BCUT2D eigenvalue weighted by molar-refractivity contribution is 5.94. The predicted octanol–water partition coefficient (Wildman–Crippen LogP) is 4.32. The van der Waals surface area contributed by atoms with Crippen LogP contribution in [0.15, 0.2) is 42.5 Å². The number of fused-ring (bicyclic) bond motifs is 1. The van der Waals surface area contributed by atoms with Crippen LogP contribution in [0.3, 0.4) is 0 Å². The molecule has 2 nitrogen and oxygen atoms in total. The average molecular weight is 246 g/mol. The number of nitriles is 1. The molecule has 0 unspecified atom stereocenters. The zero-order chi connectivity index (χ0) is 13.4. The third kappa shape index (κ3) is 1.71. The number of rotatable bonds is 1. The number of nitrogens with one attached hydrogen (secondary N) is 1. The number of aryl methyl sites for hydroxylation is 2. The lowest BCUT2D eigenvalue weighted by Crippen LogP contribution is -1.85. The van der Waals surface area contributed by atoms with Gasteiger partial charge in [-0.2, -0.15) is 5.26 Å². The molecule has 2 aromatic carbocycles. The number of hydrogen-bond acceptors (Lipinski definition) is 1. The molecular formula is C17H14N2. The lowest BCUT2D eigenvalue weighted by atomic mass is 9.96. The van der Waals surface area contributed by atoms with Crippen molar-refractivity contribution >= 4 is 10.9 Å². The summed E-state index contributed by atoms with van der Waals surface area (Å²) in [7, 11) is 0. The first-order valence-corrected chi connectivity index (χ1v) is 6.29. The number of hydrogen-bond donors (Lipinski definition) is 1. The Morgan fingerprint density at radius 2 is 1.74 bits per heavy atom. The van der Waals surface area contributed by atoms with Crippen LogP contribution in [0.4, 0.5) is 0 Å². The van der Waals surface area contributed by atoms with E-state index in [1.165, 1.54) is 11.1 Å². The van der Waals surface area contributed by atoms with E-state index in [0.29, 0.717) is 0 Å². The Balaban J connectivity index is 2.36. The fourth-order valence-electron chi connectivity index (χ4n) is 2.66. The van der Waals surface area contributed by atoms with Gasteiger partial charge < -0.3 is 4.98 Å². The van der Waals surface area contributed by atoms with Crippen molar-refractivity contribution in [3.05, 3.63) is 59.3 Å². The summed E-state index contributed by atoms with van der Waals surface area (Å²) in [6.45, 7) is 4.03. The Bertz CT molecular complexity index is 789. The molecule has 0 aliphatic carbocycles. The van der Waals surface area contributed by atoms with Gasteiger partial charge in [-0.25, -0.2) is 0 Å². The zero-order valence-corrected chi connectivity index (χ0v) is 11.0. The molecular weight excluding hydrogens is 232 g/mol. The van der Waals surface area contributed by atoms with Crippen molar-refractivity contribution < 1.29 is 0 Å². The van der Waals surface area contributed by atoms with Gasteiger partial charge in [0.1, 0.15) is 6.07 Å². The van der Waals surface area contributed by atoms with E-state index in [9.17, 15) is 5.26 Å². The summed E-state index contributed by atoms with van der Waals surface area (Å²) in [4.78, 5) is 3.27. The lowest BCUT2D eigenvalue weighted by Gasteiger charge is -2.07. The Labute approximate surface area is 112 Å². The summed E-state index contributed by atoms with van der Waals surface area (Å²) < 4.78 is 0. The first-order valence-electron chi connectivity index (χ1n) is 6.29. The second-order valence-electron chi connectivity index (χ2n) is 4.76. The van der Waals surface area contributed by atoms with Crippen LogP contribution < -0.4 is 0 Å². The monoisotopic (exact) mass is 246 g/mol. The quantitative estimate of drug-likeness (QED) is 0.682. The van der Waals surface area contributed by atoms with Gasteiger partial charge in [-0.1, -0.05) is 36.4 Å². The molecule has 0 radical (unpaired) electrons. The molecule has 3 aromatic rings. The van der Waals surface area contributed by atoms with E-state index in [4.69, 9.17) is 0 Å². The molecule has 0 aliphatic heterocycles. The first kappa shape index (κ1) is 11.6. The van der Waals surface area contributed by atoms with Gasteiger partial charge in [0.25, 0.3) is 0 Å². The second-order valence-corrected chi connectivity index (χ2v) is 4.76. The molecule has 0 aliphatic rings. The SMILES string of the molecule is Cc1[nH]c2ccc(-c3ccccc3)c(C)c2c1C#N. The topological polar surface area (TPSA) is 39.6 Å². The van der Waals surface area contributed by atoms with Crippen LogP contribution in [0.1, 0.15) is 16.8 Å². The van der Waals surface area contributed by atoms with Gasteiger partial charge in [0.2, 0.25) is 0 Å². The minimum absolute atomic E-state index is 0.755. The van der Waals surface area contributed by atoms with Gasteiger partial charge in [0.05, 0.1) is 5.56 Å². The van der Waals surface area contributed by atoms with E-state index < -0.39 is 0 Å². The molecule has 1 heterocycles. The highest BCUT2D eigenvalue weighted by atomic mass is 14.7. The van der Waals surface area contributed by atoms with Crippen molar-refractivity contribution in [3.63, 3.8) is 0 Å². The van der Waals surface area contributed by atoms with Crippen LogP contribution in [-0.4, -0.2) is 4.98 Å². The Morgan fingerprint density at radius 3 is 2.42 bits per heavy atom.